The summed E-state index contributed by atoms with van der Waals surface area (Å²) in [5.74, 6) is -0.125. The Hall–Kier alpha value is -3.05. The Kier molecular flexibility index (Phi) is 5.16. The van der Waals surface area contributed by atoms with Gasteiger partial charge < -0.3 is 4.90 Å². The number of fused-ring (bicyclic) bond motifs is 1. The lowest BCUT2D eigenvalue weighted by Crippen LogP contribution is -2.24. The highest BCUT2D eigenvalue weighted by atomic mass is 79.9. The van der Waals surface area contributed by atoms with E-state index in [1.165, 1.54) is 0 Å². The zero-order valence-electron chi connectivity index (χ0n) is 16.3. The number of pyridine rings is 2. The molecule has 4 nitrogen and oxygen atoms in total. The third kappa shape index (κ3) is 3.78. The molecule has 0 spiro atoms. The van der Waals surface area contributed by atoms with Gasteiger partial charge in [-0.2, -0.15) is 0 Å². The number of carbonyl (C=O) groups excluding carboxylic acids is 1. The topological polar surface area (TPSA) is 46.1 Å². The van der Waals surface area contributed by atoms with Crippen molar-refractivity contribution in [3.63, 3.8) is 0 Å². The number of hydrogen-bond donors (Lipinski definition) is 0. The number of hydrogen-bond acceptors (Lipinski definition) is 4. The average molecular weight is 446 g/mol. The van der Waals surface area contributed by atoms with E-state index in [1.807, 2.05) is 73.5 Å². The van der Waals surface area contributed by atoms with Crippen LogP contribution in [0.15, 0.2) is 77.7 Å². The first-order chi connectivity index (χ1) is 13.9. The summed E-state index contributed by atoms with van der Waals surface area (Å²) in [4.78, 5) is 24.2. The van der Waals surface area contributed by atoms with E-state index in [-0.39, 0.29) is 5.78 Å². The molecule has 1 aromatic carbocycles. The van der Waals surface area contributed by atoms with E-state index in [0.29, 0.717) is 23.4 Å². The molecule has 1 aliphatic heterocycles. The van der Waals surface area contributed by atoms with Crippen LogP contribution in [0.1, 0.15) is 32.9 Å². The lowest BCUT2D eigenvalue weighted by molar-refractivity contribution is 0.103. The number of nitrogens with zero attached hydrogens (tertiary/aromatic N) is 3. The van der Waals surface area contributed by atoms with Crippen molar-refractivity contribution in [3.8, 4) is 0 Å². The van der Waals surface area contributed by atoms with Gasteiger partial charge in [0.1, 0.15) is 10.3 Å². The number of halogens is 1. The summed E-state index contributed by atoms with van der Waals surface area (Å²) in [6, 6.07) is 15.6. The normalized spacial score (nSPS) is 13.1. The molecule has 144 valence electrons. The number of Topliss-reactive ketones (excluding diaryl/α,β-unsaturated/α-hetero) is 1. The summed E-state index contributed by atoms with van der Waals surface area (Å²) in [5.41, 5.74) is 6.64. The average Bonchev–Trinajstić information content (AvgIpc) is 2.72. The van der Waals surface area contributed by atoms with Gasteiger partial charge in [-0.25, -0.2) is 4.98 Å². The van der Waals surface area contributed by atoms with Gasteiger partial charge in [-0.15, -0.1) is 0 Å². The van der Waals surface area contributed by atoms with Gasteiger partial charge in [0, 0.05) is 29.2 Å². The lowest BCUT2D eigenvalue weighted by atomic mass is 9.90. The van der Waals surface area contributed by atoms with Crippen LogP contribution >= 0.6 is 15.9 Å². The molecule has 0 saturated heterocycles. The number of aromatic nitrogens is 2. The lowest BCUT2D eigenvalue weighted by Gasteiger charge is -2.30. The van der Waals surface area contributed by atoms with Crippen molar-refractivity contribution in [1.82, 2.24) is 9.97 Å². The first-order valence-electron chi connectivity index (χ1n) is 9.30. The second-order valence-corrected chi connectivity index (χ2v) is 7.91. The Morgan fingerprint density at radius 3 is 2.66 bits per heavy atom. The molecule has 4 rings (SSSR count). The van der Waals surface area contributed by atoms with Crippen molar-refractivity contribution in [2.45, 2.75) is 20.4 Å². The summed E-state index contributed by atoms with van der Waals surface area (Å²) in [6.45, 7) is 8.72. The standard InChI is InChI=1S/C24H20BrN3O/c1-15-11-21(26-12-16(15)2)24(29)20-14-28(13-18-7-6-10-23(25)27-18)22-9-5-4-8-19(22)17(20)3/h4-12,14H,3,13H2,1-2H3. The fourth-order valence-corrected chi connectivity index (χ4v) is 3.73. The number of allylic oxidation sites excluding steroid dienone is 2. The van der Waals surface area contributed by atoms with E-state index >= 15 is 0 Å². The first kappa shape index (κ1) is 19.3. The van der Waals surface area contributed by atoms with Crippen LogP contribution in [0.2, 0.25) is 0 Å². The van der Waals surface area contributed by atoms with Gasteiger partial charge >= 0.3 is 0 Å². The second kappa shape index (κ2) is 7.76. The molecular weight excluding hydrogens is 426 g/mol. The highest BCUT2D eigenvalue weighted by Crippen LogP contribution is 2.37. The molecule has 1 aliphatic rings. The molecule has 29 heavy (non-hydrogen) atoms. The predicted molar refractivity (Wildman–Crippen MR) is 120 cm³/mol. The van der Waals surface area contributed by atoms with Gasteiger partial charge in [0.25, 0.3) is 0 Å². The SMILES string of the molecule is C=C1C(C(=O)c2cc(C)c(C)cn2)=CN(Cc2cccc(Br)n2)c2ccccc21. The predicted octanol–water partition coefficient (Wildman–Crippen LogP) is 5.66. The fraction of sp³-hybridized carbons (Fsp3) is 0.125. The van der Waals surface area contributed by atoms with Crippen LogP contribution in [0.3, 0.4) is 0 Å². The highest BCUT2D eigenvalue weighted by Gasteiger charge is 2.26. The Labute approximate surface area is 178 Å². The zero-order chi connectivity index (χ0) is 20.5. The molecule has 0 aliphatic carbocycles. The minimum absolute atomic E-state index is 0.125. The number of aryl methyl sites for hydroxylation is 2. The Morgan fingerprint density at radius 2 is 1.90 bits per heavy atom. The van der Waals surface area contributed by atoms with Crippen LogP contribution in [0.4, 0.5) is 5.69 Å². The third-order valence-corrected chi connectivity index (χ3v) is 5.55. The largest absolute Gasteiger partial charge is 0.341 e. The Bertz CT molecular complexity index is 1170. The van der Waals surface area contributed by atoms with E-state index < -0.39 is 0 Å². The molecule has 2 aromatic heterocycles. The van der Waals surface area contributed by atoms with E-state index in [0.717, 1.165) is 32.7 Å². The van der Waals surface area contributed by atoms with Gasteiger partial charge in [-0.3, -0.25) is 9.78 Å². The molecule has 0 bridgehead atoms. The van der Waals surface area contributed by atoms with Crippen molar-refractivity contribution in [3.05, 3.63) is 106 Å². The highest BCUT2D eigenvalue weighted by molar-refractivity contribution is 9.10. The molecule has 0 N–H and O–H groups in total. The van der Waals surface area contributed by atoms with Gasteiger partial charge in [0.2, 0.25) is 5.78 Å². The summed E-state index contributed by atoms with van der Waals surface area (Å²) >= 11 is 3.42. The van der Waals surface area contributed by atoms with Crippen molar-refractivity contribution in [2.24, 2.45) is 0 Å². The van der Waals surface area contributed by atoms with Crippen molar-refractivity contribution >= 4 is 33.0 Å². The Morgan fingerprint density at radius 1 is 1.10 bits per heavy atom. The number of rotatable bonds is 4. The van der Waals surface area contributed by atoms with Gasteiger partial charge in [0.15, 0.2) is 0 Å². The third-order valence-electron chi connectivity index (χ3n) is 5.10. The van der Waals surface area contributed by atoms with Crippen molar-refractivity contribution in [2.75, 3.05) is 4.90 Å². The smallest absolute Gasteiger partial charge is 0.213 e. The van der Waals surface area contributed by atoms with Crippen LogP contribution < -0.4 is 4.90 Å². The molecule has 0 radical (unpaired) electrons. The summed E-state index contributed by atoms with van der Waals surface area (Å²) < 4.78 is 0.782. The van der Waals surface area contributed by atoms with Crippen LogP contribution in [0.25, 0.3) is 5.57 Å². The van der Waals surface area contributed by atoms with Crippen LogP contribution in [0.5, 0.6) is 0 Å². The molecule has 0 saturated carbocycles. The zero-order valence-corrected chi connectivity index (χ0v) is 17.9. The van der Waals surface area contributed by atoms with E-state index in [2.05, 4.69) is 32.5 Å². The molecular formula is C24H20BrN3O. The van der Waals surface area contributed by atoms with E-state index in [9.17, 15) is 4.79 Å². The molecule has 3 aromatic rings. The first-order valence-corrected chi connectivity index (χ1v) is 10.1. The van der Waals surface area contributed by atoms with Crippen molar-refractivity contribution in [1.29, 1.82) is 0 Å². The van der Waals surface area contributed by atoms with E-state index in [1.54, 1.807) is 6.20 Å². The van der Waals surface area contributed by atoms with Crippen LogP contribution in [0, 0.1) is 13.8 Å². The molecule has 0 fully saturated rings. The summed E-state index contributed by atoms with van der Waals surface area (Å²) in [7, 11) is 0. The Balaban J connectivity index is 1.76. The minimum Gasteiger partial charge on any atom is -0.341 e. The number of ketones is 1. The van der Waals surface area contributed by atoms with Crippen LogP contribution in [-0.4, -0.2) is 15.8 Å². The maximum atomic E-state index is 13.3. The quantitative estimate of drug-likeness (QED) is 0.384. The maximum absolute atomic E-state index is 13.3. The monoisotopic (exact) mass is 445 g/mol. The number of carbonyl (C=O) groups is 1. The molecule has 0 amide bonds. The van der Waals surface area contributed by atoms with Gasteiger partial charge in [-0.05, 0) is 70.7 Å². The van der Waals surface area contributed by atoms with E-state index in [4.69, 9.17) is 0 Å². The van der Waals surface area contributed by atoms with Crippen molar-refractivity contribution < 1.29 is 4.79 Å². The fourth-order valence-electron chi connectivity index (χ4n) is 3.35. The molecule has 0 atom stereocenters. The second-order valence-electron chi connectivity index (χ2n) is 7.10. The molecule has 3 heterocycles. The number of benzene rings is 1. The van der Waals surface area contributed by atoms with Gasteiger partial charge in [0.05, 0.1) is 12.2 Å². The van der Waals surface area contributed by atoms with Crippen LogP contribution in [-0.2, 0) is 6.54 Å². The number of anilines is 1. The molecule has 0 unspecified atom stereocenters. The van der Waals surface area contributed by atoms with Gasteiger partial charge in [-0.1, -0.05) is 30.8 Å². The number of para-hydroxylation sites is 1. The molecule has 5 heteroatoms. The summed E-state index contributed by atoms with van der Waals surface area (Å²) in [5, 5.41) is 0. The summed E-state index contributed by atoms with van der Waals surface area (Å²) in [6.07, 6.45) is 3.61. The maximum Gasteiger partial charge on any atom is 0.213 e. The minimum atomic E-state index is -0.125.